The molecular weight excluding hydrogens is 458 g/mol. The third kappa shape index (κ3) is 4.95. The fourth-order valence-corrected chi connectivity index (χ4v) is 2.76. The number of nitrogens with one attached hydrogen (secondary N) is 1. The Morgan fingerprint density at radius 2 is 1.54 bits per heavy atom. The molecule has 3 aromatic rings. The van der Waals surface area contributed by atoms with Crippen LogP contribution in [-0.2, 0) is 0 Å². The molecule has 0 fully saturated rings. The number of halogens is 2. The van der Waals surface area contributed by atoms with Crippen molar-refractivity contribution >= 4 is 37.6 Å². The highest BCUT2D eigenvalue weighted by Gasteiger charge is 2.07. The molecule has 0 bridgehead atoms. The minimum Gasteiger partial charge on any atom is -0.282 e. The monoisotopic (exact) mass is 473 g/mol. The molecule has 0 radical (unpaired) electrons. The lowest BCUT2D eigenvalue weighted by Gasteiger charge is -1.96. The van der Waals surface area contributed by atoms with Gasteiger partial charge < -0.3 is 0 Å². The van der Waals surface area contributed by atoms with Crippen LogP contribution < -0.4 is 0 Å². The molecule has 4 heterocycles. The van der Waals surface area contributed by atoms with Crippen LogP contribution in [0.25, 0.3) is 11.4 Å². The zero-order valence-corrected chi connectivity index (χ0v) is 17.5. The minimum atomic E-state index is 0.813. The molecule has 132 valence electrons. The molecule has 1 N–H and O–H groups in total. The number of pyridine rings is 2. The highest BCUT2D eigenvalue weighted by atomic mass is 79.9. The predicted octanol–water partition coefficient (Wildman–Crippen LogP) is 5.14. The van der Waals surface area contributed by atoms with E-state index in [9.17, 15) is 0 Å². The molecule has 5 nitrogen and oxygen atoms in total. The third-order valence-corrected chi connectivity index (χ3v) is 4.51. The van der Waals surface area contributed by atoms with Gasteiger partial charge >= 0.3 is 0 Å². The third-order valence-electron chi connectivity index (χ3n) is 3.57. The largest absolute Gasteiger partial charge is 0.282 e. The second-order valence-electron chi connectivity index (χ2n) is 5.85. The van der Waals surface area contributed by atoms with Crippen LogP contribution in [0, 0.1) is 6.92 Å². The molecule has 4 rings (SSSR count). The van der Waals surface area contributed by atoms with Gasteiger partial charge in [-0.05, 0) is 87.7 Å². The molecule has 0 spiro atoms. The van der Waals surface area contributed by atoms with Crippen LogP contribution in [0.4, 0.5) is 0 Å². The number of aromatic nitrogens is 4. The Balaban J connectivity index is 0.000000151. The molecule has 0 aromatic carbocycles. The maximum absolute atomic E-state index is 4.36. The van der Waals surface area contributed by atoms with Crippen molar-refractivity contribution in [3.63, 3.8) is 0 Å². The fraction of sp³-hybridized carbons (Fsp3) is 0.158. The topological polar surface area (TPSA) is 66.8 Å². The first-order chi connectivity index (χ1) is 12.5. The zero-order chi connectivity index (χ0) is 18.5. The molecule has 0 atom stereocenters. The van der Waals surface area contributed by atoms with Gasteiger partial charge in [0.25, 0.3) is 0 Å². The lowest BCUT2D eigenvalue weighted by atomic mass is 10.2. The summed E-state index contributed by atoms with van der Waals surface area (Å²) >= 11 is 6.68. The Hall–Kier alpha value is -2.12. The molecule has 0 amide bonds. The van der Waals surface area contributed by atoms with Crippen LogP contribution >= 0.6 is 31.9 Å². The molecule has 1 aliphatic heterocycles. The molecule has 1 aliphatic rings. The minimum absolute atomic E-state index is 0.813. The first-order valence-corrected chi connectivity index (χ1v) is 9.57. The number of rotatable bonds is 2. The molecule has 0 saturated carbocycles. The van der Waals surface area contributed by atoms with E-state index in [1.165, 1.54) is 5.57 Å². The molecule has 7 heteroatoms. The van der Waals surface area contributed by atoms with E-state index in [-0.39, 0.29) is 0 Å². The Kier molecular flexibility index (Phi) is 6.11. The highest BCUT2D eigenvalue weighted by Crippen LogP contribution is 2.17. The van der Waals surface area contributed by atoms with Crippen LogP contribution in [0.3, 0.4) is 0 Å². The number of hydrogen-bond acceptors (Lipinski definition) is 4. The van der Waals surface area contributed by atoms with Gasteiger partial charge in [-0.3, -0.25) is 20.1 Å². The van der Waals surface area contributed by atoms with Crippen LogP contribution in [0.1, 0.15) is 18.3 Å². The SMILES string of the molecule is CC1=CC(c2ccc(Br)cn2)=NC1.Cc1cc(-c2ccc(Br)cn2)n[nH]1. The smallest absolute Gasteiger partial charge is 0.111 e. The number of allylic oxidation sites excluding steroid dienone is 1. The lowest BCUT2D eigenvalue weighted by molar-refractivity contribution is 1.04. The molecule has 26 heavy (non-hydrogen) atoms. The maximum Gasteiger partial charge on any atom is 0.111 e. The van der Waals surface area contributed by atoms with Crippen molar-refractivity contribution < 1.29 is 0 Å². The first-order valence-electron chi connectivity index (χ1n) is 7.99. The van der Waals surface area contributed by atoms with Gasteiger partial charge in [0.05, 0.1) is 23.6 Å². The Bertz CT molecular complexity index is 941. The van der Waals surface area contributed by atoms with Crippen LogP contribution in [0.15, 0.2) is 68.3 Å². The van der Waals surface area contributed by atoms with E-state index in [0.717, 1.165) is 44.0 Å². The number of aryl methyl sites for hydroxylation is 1. The van der Waals surface area contributed by atoms with E-state index in [1.54, 1.807) is 12.4 Å². The normalized spacial score (nSPS) is 12.9. The summed E-state index contributed by atoms with van der Waals surface area (Å²) in [6.07, 6.45) is 5.63. The summed E-state index contributed by atoms with van der Waals surface area (Å²) in [6, 6.07) is 9.80. The van der Waals surface area contributed by atoms with Gasteiger partial charge in [0.2, 0.25) is 0 Å². The standard InChI is InChI=1S/C10H9BrN2.C9H8BrN3/c1-7-4-10(12-5-7)9-3-2-8(11)6-13-9;1-6-4-9(13-12-6)8-3-2-7(10)5-11-8/h2-4,6H,5H2,1H3;2-5H,1H3,(H,12,13). The van der Waals surface area contributed by atoms with E-state index in [4.69, 9.17) is 0 Å². The van der Waals surface area contributed by atoms with Crippen molar-refractivity contribution in [3.05, 3.63) is 74.7 Å². The van der Waals surface area contributed by atoms with Crippen LogP contribution in [0.2, 0.25) is 0 Å². The van der Waals surface area contributed by atoms with Gasteiger partial charge in [-0.1, -0.05) is 0 Å². The van der Waals surface area contributed by atoms with Crippen LogP contribution in [-0.4, -0.2) is 32.4 Å². The first kappa shape index (κ1) is 18.7. The zero-order valence-electron chi connectivity index (χ0n) is 14.4. The van der Waals surface area contributed by atoms with E-state index < -0.39 is 0 Å². The second-order valence-corrected chi connectivity index (χ2v) is 7.68. The van der Waals surface area contributed by atoms with Crippen LogP contribution in [0.5, 0.6) is 0 Å². The number of aliphatic imine (C=N–C) groups is 1. The van der Waals surface area contributed by atoms with E-state index in [0.29, 0.717) is 0 Å². The lowest BCUT2D eigenvalue weighted by Crippen LogP contribution is -1.96. The maximum atomic E-state index is 4.36. The van der Waals surface area contributed by atoms with Crippen molar-refractivity contribution in [2.45, 2.75) is 13.8 Å². The predicted molar refractivity (Wildman–Crippen MR) is 111 cm³/mol. The number of H-pyrrole nitrogens is 1. The summed E-state index contributed by atoms with van der Waals surface area (Å²) in [7, 11) is 0. The van der Waals surface area contributed by atoms with Crippen molar-refractivity contribution in [2.75, 3.05) is 6.54 Å². The van der Waals surface area contributed by atoms with Crippen molar-refractivity contribution in [1.29, 1.82) is 0 Å². The molecule has 0 unspecified atom stereocenters. The van der Waals surface area contributed by atoms with Gasteiger partial charge in [-0.25, -0.2) is 0 Å². The van der Waals surface area contributed by atoms with Gasteiger partial charge in [-0.2, -0.15) is 5.10 Å². The number of nitrogens with zero attached hydrogens (tertiary/aromatic N) is 4. The molecule has 3 aromatic heterocycles. The van der Waals surface area contributed by atoms with Crippen molar-refractivity contribution in [3.8, 4) is 11.4 Å². The van der Waals surface area contributed by atoms with E-state index >= 15 is 0 Å². The Morgan fingerprint density at radius 1 is 0.885 bits per heavy atom. The van der Waals surface area contributed by atoms with Gasteiger partial charge in [0.15, 0.2) is 0 Å². The summed E-state index contributed by atoms with van der Waals surface area (Å²) in [5, 5.41) is 6.99. The van der Waals surface area contributed by atoms with E-state index in [1.807, 2.05) is 37.3 Å². The van der Waals surface area contributed by atoms with Gasteiger partial charge in [0.1, 0.15) is 5.69 Å². The molecule has 0 saturated heterocycles. The van der Waals surface area contributed by atoms with Crippen molar-refractivity contribution in [1.82, 2.24) is 20.2 Å². The van der Waals surface area contributed by atoms with E-state index in [2.05, 4.69) is 70.0 Å². The average molecular weight is 475 g/mol. The average Bonchev–Trinajstić information content (AvgIpc) is 3.25. The van der Waals surface area contributed by atoms with Gasteiger partial charge in [-0.15, -0.1) is 0 Å². The molecule has 0 aliphatic carbocycles. The number of hydrogen-bond donors (Lipinski definition) is 1. The summed E-state index contributed by atoms with van der Waals surface area (Å²) < 4.78 is 1.97. The fourth-order valence-electron chi connectivity index (χ4n) is 2.29. The Labute approximate surface area is 169 Å². The van der Waals surface area contributed by atoms with Crippen molar-refractivity contribution in [2.24, 2.45) is 4.99 Å². The summed E-state index contributed by atoms with van der Waals surface area (Å²) in [6.45, 7) is 4.86. The van der Waals surface area contributed by atoms with Gasteiger partial charge in [0, 0.05) is 27.0 Å². The number of aromatic amines is 1. The highest BCUT2D eigenvalue weighted by molar-refractivity contribution is 9.10. The quantitative estimate of drug-likeness (QED) is 0.559. The Morgan fingerprint density at radius 3 is 2.00 bits per heavy atom. The summed E-state index contributed by atoms with van der Waals surface area (Å²) in [4.78, 5) is 12.9. The summed E-state index contributed by atoms with van der Waals surface area (Å²) in [5.41, 5.74) is 6.03. The summed E-state index contributed by atoms with van der Waals surface area (Å²) in [5.74, 6) is 0. The molecular formula is C19H17Br2N5. The second kappa shape index (κ2) is 8.51.